The van der Waals surface area contributed by atoms with E-state index in [1.807, 2.05) is 0 Å². The fourth-order valence-corrected chi connectivity index (χ4v) is 1.51. The van der Waals surface area contributed by atoms with E-state index < -0.39 is 24.2 Å². The van der Waals surface area contributed by atoms with Crippen LogP contribution in [0, 0.1) is 0 Å². The summed E-state index contributed by atoms with van der Waals surface area (Å²) in [6.45, 7) is 1.84. The number of aromatic nitrogens is 2. The number of alkyl halides is 3. The van der Waals surface area contributed by atoms with Gasteiger partial charge in [-0.25, -0.2) is 0 Å². The molecule has 1 aromatic rings. The maximum Gasteiger partial charge on any atom is 0.411 e. The van der Waals surface area contributed by atoms with Gasteiger partial charge >= 0.3 is 6.18 Å². The summed E-state index contributed by atoms with van der Waals surface area (Å²) in [5.41, 5.74) is -0.340. The predicted octanol–water partition coefficient (Wildman–Crippen LogP) is 1.72. The summed E-state index contributed by atoms with van der Waals surface area (Å²) in [6, 6.07) is 0. The van der Waals surface area contributed by atoms with Crippen molar-refractivity contribution in [1.29, 1.82) is 0 Å². The average Bonchev–Trinajstić information content (AvgIpc) is 2.21. The van der Waals surface area contributed by atoms with Gasteiger partial charge in [-0.05, 0) is 5.92 Å². The van der Waals surface area contributed by atoms with Crippen LogP contribution in [0.2, 0.25) is 0 Å². The largest absolute Gasteiger partial charge is 0.493 e. The van der Waals surface area contributed by atoms with Crippen molar-refractivity contribution in [2.24, 2.45) is 0 Å². The molecular weight excluding hydrogens is 265 g/mol. The highest BCUT2D eigenvalue weighted by atomic mass is 19.4. The van der Waals surface area contributed by atoms with Crippen molar-refractivity contribution in [3.05, 3.63) is 21.7 Å². The van der Waals surface area contributed by atoms with Crippen LogP contribution in [-0.4, -0.2) is 34.5 Å². The normalized spacial score (nSPS) is 12.1. The molecule has 1 rings (SSSR count). The van der Waals surface area contributed by atoms with Gasteiger partial charge in [-0.2, -0.15) is 18.2 Å². The van der Waals surface area contributed by atoms with Crippen LogP contribution >= 0.6 is 0 Å². The van der Waals surface area contributed by atoms with Crippen molar-refractivity contribution in [2.45, 2.75) is 32.4 Å². The number of aromatic amines is 1. The molecule has 1 aromatic heterocycles. The highest BCUT2D eigenvalue weighted by Gasteiger charge is 2.27. The fourth-order valence-electron chi connectivity index (χ4n) is 1.51. The molecule has 2 N–H and O–H groups in total. The lowest BCUT2D eigenvalue weighted by atomic mass is 10.1. The third-order valence-electron chi connectivity index (χ3n) is 2.31. The van der Waals surface area contributed by atoms with E-state index in [9.17, 15) is 23.1 Å². The van der Waals surface area contributed by atoms with Gasteiger partial charge in [0.1, 0.15) is 12.4 Å². The Hall–Kier alpha value is -1.57. The number of hydrogen-bond acceptors (Lipinski definition) is 4. The molecule has 0 saturated carbocycles. The SMILES string of the molecule is CC(C)c1c(O)nc(CCOCC(F)(F)F)[nH]c1=O. The van der Waals surface area contributed by atoms with Crippen LogP contribution in [-0.2, 0) is 11.2 Å². The number of nitrogens with one attached hydrogen (secondary N) is 1. The average molecular weight is 280 g/mol. The van der Waals surface area contributed by atoms with Crippen LogP contribution in [0.4, 0.5) is 13.2 Å². The summed E-state index contributed by atoms with van der Waals surface area (Å²) in [5.74, 6) is -0.509. The first-order chi connectivity index (χ1) is 8.70. The van der Waals surface area contributed by atoms with Crippen LogP contribution in [0.3, 0.4) is 0 Å². The minimum atomic E-state index is -4.38. The van der Waals surface area contributed by atoms with Crippen molar-refractivity contribution in [3.8, 4) is 5.88 Å². The smallest absolute Gasteiger partial charge is 0.411 e. The molecule has 1 heterocycles. The van der Waals surface area contributed by atoms with Gasteiger partial charge in [-0.1, -0.05) is 13.8 Å². The van der Waals surface area contributed by atoms with Crippen molar-refractivity contribution < 1.29 is 23.0 Å². The Bertz CT molecular complexity index is 483. The maximum atomic E-state index is 11.8. The van der Waals surface area contributed by atoms with E-state index in [1.165, 1.54) is 0 Å². The summed E-state index contributed by atoms with van der Waals surface area (Å²) in [6.07, 6.45) is -4.40. The molecule has 0 aliphatic carbocycles. The number of rotatable bonds is 5. The number of aromatic hydroxyl groups is 1. The van der Waals surface area contributed by atoms with E-state index in [0.29, 0.717) is 0 Å². The quantitative estimate of drug-likeness (QED) is 0.805. The number of halogens is 3. The van der Waals surface area contributed by atoms with Crippen molar-refractivity contribution >= 4 is 0 Å². The van der Waals surface area contributed by atoms with Gasteiger partial charge in [0.05, 0.1) is 12.2 Å². The molecule has 8 heteroatoms. The molecule has 0 unspecified atom stereocenters. The second-order valence-corrected chi connectivity index (χ2v) is 4.32. The van der Waals surface area contributed by atoms with Crippen molar-refractivity contribution in [3.63, 3.8) is 0 Å². The molecule has 0 atom stereocenters. The molecule has 19 heavy (non-hydrogen) atoms. The summed E-state index contributed by atoms with van der Waals surface area (Å²) in [7, 11) is 0. The molecule has 0 aromatic carbocycles. The number of H-pyrrole nitrogens is 1. The lowest BCUT2D eigenvalue weighted by molar-refractivity contribution is -0.173. The topological polar surface area (TPSA) is 75.2 Å². The van der Waals surface area contributed by atoms with E-state index in [-0.39, 0.29) is 30.3 Å². The Morgan fingerprint density at radius 1 is 1.42 bits per heavy atom. The van der Waals surface area contributed by atoms with Gasteiger partial charge in [-0.15, -0.1) is 0 Å². The first kappa shape index (κ1) is 15.5. The Morgan fingerprint density at radius 3 is 2.53 bits per heavy atom. The minimum absolute atomic E-state index is 0.0166. The standard InChI is InChI=1S/C11H15F3N2O3/c1-6(2)8-9(17)15-7(16-10(8)18)3-4-19-5-11(12,13)14/h6H,3-5H2,1-2H3,(H2,15,16,17,18). The van der Waals surface area contributed by atoms with E-state index >= 15 is 0 Å². The molecule has 0 amide bonds. The Kier molecular flexibility index (Phi) is 4.93. The predicted molar refractivity (Wildman–Crippen MR) is 61.2 cm³/mol. The van der Waals surface area contributed by atoms with Gasteiger partial charge in [-0.3, -0.25) is 4.79 Å². The maximum absolute atomic E-state index is 11.8. The van der Waals surface area contributed by atoms with E-state index in [0.717, 1.165) is 0 Å². The summed E-state index contributed by atoms with van der Waals surface area (Å²) in [4.78, 5) is 17.8. The first-order valence-electron chi connectivity index (χ1n) is 5.67. The number of hydrogen-bond donors (Lipinski definition) is 2. The highest BCUT2D eigenvalue weighted by molar-refractivity contribution is 5.25. The van der Waals surface area contributed by atoms with Crippen molar-refractivity contribution in [1.82, 2.24) is 9.97 Å². The van der Waals surface area contributed by atoms with E-state index in [1.54, 1.807) is 13.8 Å². The molecule has 108 valence electrons. The monoisotopic (exact) mass is 280 g/mol. The number of ether oxygens (including phenoxy) is 1. The zero-order chi connectivity index (χ0) is 14.6. The second-order valence-electron chi connectivity index (χ2n) is 4.32. The van der Waals surface area contributed by atoms with Gasteiger partial charge in [0, 0.05) is 6.42 Å². The van der Waals surface area contributed by atoms with Gasteiger partial charge in [0.25, 0.3) is 5.56 Å². The zero-order valence-electron chi connectivity index (χ0n) is 10.5. The highest BCUT2D eigenvalue weighted by Crippen LogP contribution is 2.18. The zero-order valence-corrected chi connectivity index (χ0v) is 10.5. The summed E-state index contributed by atoms with van der Waals surface area (Å²) >= 11 is 0. The molecule has 0 saturated heterocycles. The lowest BCUT2D eigenvalue weighted by Gasteiger charge is -2.09. The first-order valence-corrected chi connectivity index (χ1v) is 5.67. The van der Waals surface area contributed by atoms with Crippen LogP contribution in [0.25, 0.3) is 0 Å². The second kappa shape index (κ2) is 6.05. The molecule has 0 radical (unpaired) electrons. The Balaban J connectivity index is 2.64. The van der Waals surface area contributed by atoms with Crippen LogP contribution in [0.1, 0.15) is 31.2 Å². The number of nitrogens with zero attached hydrogens (tertiary/aromatic N) is 1. The molecule has 0 aliphatic heterocycles. The molecule has 5 nitrogen and oxygen atoms in total. The molecular formula is C11H15F3N2O3. The van der Waals surface area contributed by atoms with E-state index in [4.69, 9.17) is 0 Å². The van der Waals surface area contributed by atoms with Crippen LogP contribution < -0.4 is 5.56 Å². The van der Waals surface area contributed by atoms with Gasteiger partial charge in [0.15, 0.2) is 0 Å². The van der Waals surface area contributed by atoms with Crippen LogP contribution in [0.15, 0.2) is 4.79 Å². The molecule has 0 fully saturated rings. The molecule has 0 aliphatic rings. The lowest BCUT2D eigenvalue weighted by Crippen LogP contribution is -2.21. The Morgan fingerprint density at radius 2 is 2.05 bits per heavy atom. The van der Waals surface area contributed by atoms with Gasteiger partial charge < -0.3 is 14.8 Å². The third kappa shape index (κ3) is 4.90. The fraction of sp³-hybridized carbons (Fsp3) is 0.636. The van der Waals surface area contributed by atoms with Crippen LogP contribution in [0.5, 0.6) is 5.88 Å². The third-order valence-corrected chi connectivity index (χ3v) is 2.31. The van der Waals surface area contributed by atoms with Gasteiger partial charge in [0.2, 0.25) is 5.88 Å². The molecule has 0 spiro atoms. The molecule has 0 bridgehead atoms. The van der Waals surface area contributed by atoms with Crippen molar-refractivity contribution in [2.75, 3.05) is 13.2 Å². The Labute approximate surface area is 107 Å². The summed E-state index contributed by atoms with van der Waals surface area (Å²) < 4.78 is 39.8. The minimum Gasteiger partial charge on any atom is -0.493 e. The summed E-state index contributed by atoms with van der Waals surface area (Å²) in [5, 5.41) is 9.58. The van der Waals surface area contributed by atoms with E-state index in [2.05, 4.69) is 14.7 Å².